The van der Waals surface area contributed by atoms with E-state index in [2.05, 4.69) is 15.6 Å². The Morgan fingerprint density at radius 2 is 1.55 bits per heavy atom. The van der Waals surface area contributed by atoms with Crippen LogP contribution in [-0.4, -0.2) is 23.9 Å². The third-order valence-electron chi connectivity index (χ3n) is 4.59. The van der Waals surface area contributed by atoms with Crippen molar-refractivity contribution >= 4 is 11.8 Å². The first-order valence-electron chi connectivity index (χ1n) is 9.27. The topological polar surface area (TPSA) is 80.3 Å². The Balaban J connectivity index is 1.63. The van der Waals surface area contributed by atoms with E-state index in [1.165, 1.54) is 12.3 Å². The van der Waals surface area contributed by atoms with Gasteiger partial charge in [-0.3, -0.25) is 14.6 Å². The van der Waals surface area contributed by atoms with Gasteiger partial charge in [0.2, 0.25) is 0 Å². The maximum absolute atomic E-state index is 12.5. The second-order valence-corrected chi connectivity index (χ2v) is 6.53. The van der Waals surface area contributed by atoms with Crippen LogP contribution in [0.1, 0.15) is 37.5 Å². The van der Waals surface area contributed by atoms with Gasteiger partial charge in [0.05, 0.1) is 7.11 Å². The molecule has 0 spiro atoms. The van der Waals surface area contributed by atoms with Gasteiger partial charge in [-0.15, -0.1) is 0 Å². The van der Waals surface area contributed by atoms with Gasteiger partial charge in [0, 0.05) is 30.4 Å². The molecular weight excluding hydrogens is 366 g/mol. The van der Waals surface area contributed by atoms with Crippen LogP contribution in [0.25, 0.3) is 0 Å². The minimum Gasteiger partial charge on any atom is -0.496 e. The molecular formula is C23H23N3O3. The van der Waals surface area contributed by atoms with E-state index in [1.807, 2.05) is 55.5 Å². The van der Waals surface area contributed by atoms with Crippen LogP contribution in [0.15, 0.2) is 66.9 Å². The Bertz CT molecular complexity index is 1020. The molecule has 0 aliphatic heterocycles. The minimum atomic E-state index is -0.357. The van der Waals surface area contributed by atoms with Crippen molar-refractivity contribution in [2.24, 2.45) is 0 Å². The number of benzene rings is 2. The average Bonchev–Trinajstić information content (AvgIpc) is 2.77. The number of ether oxygens (including phenoxy) is 1. The van der Waals surface area contributed by atoms with E-state index >= 15 is 0 Å². The lowest BCUT2D eigenvalue weighted by atomic mass is 10.1. The van der Waals surface area contributed by atoms with Crippen LogP contribution in [0.3, 0.4) is 0 Å². The Hall–Kier alpha value is -3.67. The van der Waals surface area contributed by atoms with Crippen molar-refractivity contribution in [3.8, 4) is 5.75 Å². The highest BCUT2D eigenvalue weighted by atomic mass is 16.5. The van der Waals surface area contributed by atoms with Gasteiger partial charge in [-0.2, -0.15) is 0 Å². The van der Waals surface area contributed by atoms with Gasteiger partial charge >= 0.3 is 0 Å². The molecule has 0 atom stereocenters. The van der Waals surface area contributed by atoms with Crippen molar-refractivity contribution in [2.75, 3.05) is 7.11 Å². The molecule has 0 unspecified atom stereocenters. The van der Waals surface area contributed by atoms with E-state index in [0.29, 0.717) is 24.4 Å². The summed E-state index contributed by atoms with van der Waals surface area (Å²) in [5, 5.41) is 5.69. The second-order valence-electron chi connectivity index (χ2n) is 6.53. The highest BCUT2D eigenvalue weighted by molar-refractivity contribution is 5.98. The van der Waals surface area contributed by atoms with E-state index in [0.717, 1.165) is 16.7 Å². The van der Waals surface area contributed by atoms with E-state index in [9.17, 15) is 9.59 Å². The van der Waals surface area contributed by atoms with E-state index in [-0.39, 0.29) is 17.5 Å². The van der Waals surface area contributed by atoms with Crippen LogP contribution in [0.2, 0.25) is 0 Å². The van der Waals surface area contributed by atoms with Crippen molar-refractivity contribution in [3.63, 3.8) is 0 Å². The predicted octanol–water partition coefficient (Wildman–Crippen LogP) is 3.26. The molecule has 0 bridgehead atoms. The zero-order chi connectivity index (χ0) is 20.6. The highest BCUT2D eigenvalue weighted by Crippen LogP contribution is 2.17. The maximum Gasteiger partial charge on any atom is 0.270 e. The molecule has 0 saturated carbocycles. The lowest BCUT2D eigenvalue weighted by molar-refractivity contribution is 0.0945. The number of hydrogen-bond acceptors (Lipinski definition) is 4. The highest BCUT2D eigenvalue weighted by Gasteiger charge is 2.13. The van der Waals surface area contributed by atoms with Crippen LogP contribution < -0.4 is 15.4 Å². The summed E-state index contributed by atoms with van der Waals surface area (Å²) in [6, 6.07) is 18.4. The van der Waals surface area contributed by atoms with E-state index in [1.54, 1.807) is 13.2 Å². The SMILES string of the molecule is COc1ccccc1CNC(=O)c1cc(C(=O)NCc2ccccc2C)ccn1. The summed E-state index contributed by atoms with van der Waals surface area (Å²) in [5.41, 5.74) is 3.58. The normalized spacial score (nSPS) is 10.3. The molecule has 3 rings (SSSR count). The summed E-state index contributed by atoms with van der Waals surface area (Å²) in [6.07, 6.45) is 1.46. The molecule has 2 aromatic carbocycles. The summed E-state index contributed by atoms with van der Waals surface area (Å²) in [7, 11) is 1.58. The number of methoxy groups -OCH3 is 1. The summed E-state index contributed by atoms with van der Waals surface area (Å²) in [5.74, 6) is 0.0870. The Labute approximate surface area is 169 Å². The lowest BCUT2D eigenvalue weighted by Crippen LogP contribution is -2.26. The number of carbonyl (C=O) groups is 2. The maximum atomic E-state index is 12.5. The molecule has 2 N–H and O–H groups in total. The third kappa shape index (κ3) is 5.19. The molecule has 6 nitrogen and oxygen atoms in total. The molecule has 0 fully saturated rings. The fourth-order valence-electron chi connectivity index (χ4n) is 2.90. The first kappa shape index (κ1) is 20.1. The Morgan fingerprint density at radius 1 is 0.897 bits per heavy atom. The number of pyridine rings is 1. The van der Waals surface area contributed by atoms with Crippen molar-refractivity contribution in [2.45, 2.75) is 20.0 Å². The van der Waals surface area contributed by atoms with Crippen LogP contribution in [0.4, 0.5) is 0 Å². The van der Waals surface area contributed by atoms with Gasteiger partial charge < -0.3 is 15.4 Å². The van der Waals surface area contributed by atoms with Crippen LogP contribution in [-0.2, 0) is 13.1 Å². The third-order valence-corrected chi connectivity index (χ3v) is 4.59. The number of rotatable bonds is 7. The second kappa shape index (κ2) is 9.50. The minimum absolute atomic E-state index is 0.184. The smallest absolute Gasteiger partial charge is 0.270 e. The molecule has 1 aromatic heterocycles. The lowest BCUT2D eigenvalue weighted by Gasteiger charge is -2.10. The Morgan fingerprint density at radius 3 is 2.31 bits per heavy atom. The predicted molar refractivity (Wildman–Crippen MR) is 111 cm³/mol. The number of aryl methyl sites for hydroxylation is 1. The Kier molecular flexibility index (Phi) is 6.58. The number of para-hydroxylation sites is 1. The number of amides is 2. The summed E-state index contributed by atoms with van der Waals surface area (Å²) in [4.78, 5) is 29.0. The van der Waals surface area contributed by atoms with Crippen molar-refractivity contribution in [3.05, 3.63) is 94.8 Å². The van der Waals surface area contributed by atoms with E-state index < -0.39 is 0 Å². The summed E-state index contributed by atoms with van der Waals surface area (Å²) >= 11 is 0. The molecule has 6 heteroatoms. The number of nitrogens with one attached hydrogen (secondary N) is 2. The molecule has 0 aliphatic rings. The van der Waals surface area contributed by atoms with Gasteiger partial charge in [0.25, 0.3) is 11.8 Å². The monoisotopic (exact) mass is 389 g/mol. The largest absolute Gasteiger partial charge is 0.496 e. The van der Waals surface area contributed by atoms with Crippen molar-refractivity contribution < 1.29 is 14.3 Å². The fourth-order valence-corrected chi connectivity index (χ4v) is 2.90. The number of carbonyl (C=O) groups excluding carboxylic acids is 2. The van der Waals surface area contributed by atoms with E-state index in [4.69, 9.17) is 4.74 Å². The average molecular weight is 389 g/mol. The molecule has 1 heterocycles. The van der Waals surface area contributed by atoms with Crippen molar-refractivity contribution in [1.29, 1.82) is 0 Å². The van der Waals surface area contributed by atoms with Gasteiger partial charge in [0.15, 0.2) is 0 Å². The van der Waals surface area contributed by atoms with Crippen LogP contribution in [0, 0.1) is 6.92 Å². The molecule has 29 heavy (non-hydrogen) atoms. The summed E-state index contributed by atoms with van der Waals surface area (Å²) in [6.45, 7) is 2.72. The van der Waals surface area contributed by atoms with Crippen molar-refractivity contribution in [1.82, 2.24) is 15.6 Å². The zero-order valence-corrected chi connectivity index (χ0v) is 16.4. The molecule has 3 aromatic rings. The molecule has 0 aliphatic carbocycles. The fraction of sp³-hybridized carbons (Fsp3) is 0.174. The van der Waals surface area contributed by atoms with Gasteiger partial charge in [-0.1, -0.05) is 42.5 Å². The number of hydrogen-bond donors (Lipinski definition) is 2. The van der Waals surface area contributed by atoms with Gasteiger partial charge in [-0.25, -0.2) is 0 Å². The molecule has 148 valence electrons. The molecule has 0 saturated heterocycles. The summed E-state index contributed by atoms with van der Waals surface area (Å²) < 4.78 is 5.29. The first-order chi connectivity index (χ1) is 14.1. The molecule has 2 amide bonds. The standard InChI is InChI=1S/C23H23N3O3/c1-16-7-3-4-8-18(16)14-25-22(27)17-11-12-24-20(13-17)23(28)26-15-19-9-5-6-10-21(19)29-2/h3-13H,14-15H2,1-2H3,(H,25,27)(H,26,28). The van der Waals surface area contributed by atoms with Gasteiger partial charge in [0.1, 0.15) is 11.4 Å². The van der Waals surface area contributed by atoms with Crippen LogP contribution >= 0.6 is 0 Å². The number of aromatic nitrogens is 1. The van der Waals surface area contributed by atoms with Gasteiger partial charge in [-0.05, 0) is 36.2 Å². The number of nitrogens with zero attached hydrogens (tertiary/aromatic N) is 1. The first-order valence-corrected chi connectivity index (χ1v) is 9.27. The zero-order valence-electron chi connectivity index (χ0n) is 16.4. The quantitative estimate of drug-likeness (QED) is 0.650. The van der Waals surface area contributed by atoms with Crippen LogP contribution in [0.5, 0.6) is 5.75 Å². The molecule has 0 radical (unpaired) electrons.